The van der Waals surface area contributed by atoms with Crippen molar-refractivity contribution < 1.29 is 4.74 Å². The molecule has 0 aliphatic heterocycles. The van der Waals surface area contributed by atoms with Crippen LogP contribution in [0.4, 0.5) is 0 Å². The highest BCUT2D eigenvalue weighted by atomic mass is 32.1. The number of hydrogen-bond acceptors (Lipinski definition) is 3. The van der Waals surface area contributed by atoms with Gasteiger partial charge in [0.2, 0.25) is 0 Å². The largest absolute Gasteiger partial charge is 0.494 e. The third-order valence-corrected chi connectivity index (χ3v) is 3.56. The van der Waals surface area contributed by atoms with Gasteiger partial charge in [0.15, 0.2) is 5.11 Å². The number of benzene rings is 2. The molecule has 0 aliphatic rings. The van der Waals surface area contributed by atoms with Gasteiger partial charge in [0.25, 0.3) is 0 Å². The summed E-state index contributed by atoms with van der Waals surface area (Å²) in [5.41, 5.74) is 4.97. The number of ether oxygens (including phenoxy) is 1. The SMILES string of the molecule is CCCCOc1ccc(/C=N\NC(=S)NCc2ccccc2)cc1. The summed E-state index contributed by atoms with van der Waals surface area (Å²) in [7, 11) is 0. The first-order chi connectivity index (χ1) is 11.8. The van der Waals surface area contributed by atoms with Gasteiger partial charge in [0, 0.05) is 6.54 Å². The second kappa shape index (κ2) is 10.4. The van der Waals surface area contributed by atoms with E-state index < -0.39 is 0 Å². The summed E-state index contributed by atoms with van der Waals surface area (Å²) in [6, 6.07) is 17.9. The van der Waals surface area contributed by atoms with Crippen molar-refractivity contribution in [3.05, 3.63) is 65.7 Å². The van der Waals surface area contributed by atoms with Gasteiger partial charge in [0.1, 0.15) is 5.75 Å². The summed E-state index contributed by atoms with van der Waals surface area (Å²) < 4.78 is 5.63. The molecule has 5 heteroatoms. The molecule has 0 aliphatic carbocycles. The summed E-state index contributed by atoms with van der Waals surface area (Å²) in [6.07, 6.45) is 3.93. The number of unbranched alkanes of at least 4 members (excludes halogenated alkanes) is 1. The molecule has 4 nitrogen and oxygen atoms in total. The second-order valence-electron chi connectivity index (χ2n) is 5.31. The summed E-state index contributed by atoms with van der Waals surface area (Å²) in [5, 5.41) is 7.74. The highest BCUT2D eigenvalue weighted by molar-refractivity contribution is 7.80. The van der Waals surface area contributed by atoms with Crippen LogP contribution >= 0.6 is 12.2 Å². The van der Waals surface area contributed by atoms with Crippen LogP contribution in [0.2, 0.25) is 0 Å². The van der Waals surface area contributed by atoms with Crippen molar-refractivity contribution in [1.82, 2.24) is 10.7 Å². The Morgan fingerprint density at radius 3 is 2.58 bits per heavy atom. The first-order valence-corrected chi connectivity index (χ1v) is 8.52. The molecule has 0 spiro atoms. The molecular weight excluding hydrogens is 318 g/mol. The molecule has 0 aromatic heterocycles. The van der Waals surface area contributed by atoms with Crippen molar-refractivity contribution in [2.24, 2.45) is 5.10 Å². The van der Waals surface area contributed by atoms with E-state index >= 15 is 0 Å². The Balaban J connectivity index is 1.71. The van der Waals surface area contributed by atoms with Crippen LogP contribution in [0.3, 0.4) is 0 Å². The number of thiocarbonyl (C=S) groups is 1. The standard InChI is InChI=1S/C19H23N3OS/c1-2-3-13-23-18-11-9-17(10-12-18)15-21-22-19(24)20-14-16-7-5-4-6-8-16/h4-12,15H,2-3,13-14H2,1H3,(H2,20,22,24)/b21-15-. The minimum atomic E-state index is 0.495. The van der Waals surface area contributed by atoms with Crippen LogP contribution < -0.4 is 15.5 Å². The number of nitrogens with one attached hydrogen (secondary N) is 2. The molecule has 0 saturated heterocycles. The number of rotatable bonds is 8. The maximum atomic E-state index is 5.63. The highest BCUT2D eigenvalue weighted by Crippen LogP contribution is 2.11. The lowest BCUT2D eigenvalue weighted by atomic mass is 10.2. The van der Waals surface area contributed by atoms with Gasteiger partial charge in [-0.05, 0) is 54.0 Å². The fourth-order valence-corrected chi connectivity index (χ4v) is 2.09. The molecule has 0 amide bonds. The Morgan fingerprint density at radius 2 is 1.88 bits per heavy atom. The van der Waals surface area contributed by atoms with E-state index in [2.05, 4.69) is 22.8 Å². The zero-order valence-corrected chi connectivity index (χ0v) is 14.7. The molecule has 0 saturated carbocycles. The maximum absolute atomic E-state index is 5.63. The molecule has 24 heavy (non-hydrogen) atoms. The molecule has 2 aromatic carbocycles. The average molecular weight is 341 g/mol. The predicted octanol–water partition coefficient (Wildman–Crippen LogP) is 3.86. The Morgan fingerprint density at radius 1 is 1.12 bits per heavy atom. The fraction of sp³-hybridized carbons (Fsp3) is 0.263. The molecule has 126 valence electrons. The van der Waals surface area contributed by atoms with Crippen LogP contribution in [-0.4, -0.2) is 17.9 Å². The van der Waals surface area contributed by atoms with Gasteiger partial charge >= 0.3 is 0 Å². The molecule has 0 heterocycles. The van der Waals surface area contributed by atoms with E-state index in [0.29, 0.717) is 11.7 Å². The Kier molecular flexibility index (Phi) is 7.77. The number of hydrazone groups is 1. The van der Waals surface area contributed by atoms with Crippen LogP contribution in [0.15, 0.2) is 59.7 Å². The quantitative estimate of drug-likeness (QED) is 0.331. The zero-order chi connectivity index (χ0) is 17.0. The summed E-state index contributed by atoms with van der Waals surface area (Å²) in [5.74, 6) is 0.883. The van der Waals surface area contributed by atoms with Gasteiger partial charge in [-0.15, -0.1) is 0 Å². The van der Waals surface area contributed by atoms with Crippen LogP contribution in [0, 0.1) is 0 Å². The van der Waals surface area contributed by atoms with E-state index in [1.807, 2.05) is 54.6 Å². The summed E-state index contributed by atoms with van der Waals surface area (Å²) in [4.78, 5) is 0. The summed E-state index contributed by atoms with van der Waals surface area (Å²) >= 11 is 5.19. The molecule has 0 unspecified atom stereocenters. The highest BCUT2D eigenvalue weighted by Gasteiger charge is 1.96. The van der Waals surface area contributed by atoms with Gasteiger partial charge in [-0.25, -0.2) is 0 Å². The summed E-state index contributed by atoms with van der Waals surface area (Å²) in [6.45, 7) is 3.58. The predicted molar refractivity (Wildman–Crippen MR) is 103 cm³/mol. The lowest BCUT2D eigenvalue weighted by Crippen LogP contribution is -2.31. The first-order valence-electron chi connectivity index (χ1n) is 8.11. The van der Waals surface area contributed by atoms with Crippen molar-refractivity contribution in [2.45, 2.75) is 26.3 Å². The first kappa shape index (κ1) is 17.9. The minimum Gasteiger partial charge on any atom is -0.494 e. The smallest absolute Gasteiger partial charge is 0.187 e. The van der Waals surface area contributed by atoms with Crippen molar-refractivity contribution in [1.29, 1.82) is 0 Å². The third-order valence-electron chi connectivity index (χ3n) is 3.32. The molecule has 0 bridgehead atoms. The monoisotopic (exact) mass is 341 g/mol. The average Bonchev–Trinajstić information content (AvgIpc) is 2.62. The molecule has 2 aromatic rings. The van der Waals surface area contributed by atoms with Crippen LogP contribution in [0.25, 0.3) is 0 Å². The van der Waals surface area contributed by atoms with E-state index in [9.17, 15) is 0 Å². The van der Waals surface area contributed by atoms with E-state index in [0.717, 1.165) is 30.8 Å². The van der Waals surface area contributed by atoms with Gasteiger partial charge in [-0.1, -0.05) is 43.7 Å². The van der Waals surface area contributed by atoms with Crippen LogP contribution in [0.5, 0.6) is 5.75 Å². The van der Waals surface area contributed by atoms with Gasteiger partial charge in [0.05, 0.1) is 12.8 Å². The number of nitrogens with zero attached hydrogens (tertiary/aromatic N) is 1. The number of hydrogen-bond donors (Lipinski definition) is 2. The normalized spacial score (nSPS) is 10.5. The second-order valence-corrected chi connectivity index (χ2v) is 5.72. The Hall–Kier alpha value is -2.40. The maximum Gasteiger partial charge on any atom is 0.187 e. The fourth-order valence-electron chi connectivity index (χ4n) is 1.97. The van der Waals surface area contributed by atoms with E-state index in [4.69, 9.17) is 17.0 Å². The van der Waals surface area contributed by atoms with Gasteiger partial charge < -0.3 is 10.1 Å². The lowest BCUT2D eigenvalue weighted by Gasteiger charge is -2.07. The van der Waals surface area contributed by atoms with Gasteiger partial charge in [-0.3, -0.25) is 5.43 Å². The van der Waals surface area contributed by atoms with E-state index in [1.165, 1.54) is 5.56 Å². The Bertz CT molecular complexity index is 641. The van der Waals surface area contributed by atoms with E-state index in [-0.39, 0.29) is 0 Å². The van der Waals surface area contributed by atoms with Crippen molar-refractivity contribution in [3.8, 4) is 5.75 Å². The molecule has 0 atom stereocenters. The van der Waals surface area contributed by atoms with Gasteiger partial charge in [-0.2, -0.15) is 5.10 Å². The van der Waals surface area contributed by atoms with Crippen molar-refractivity contribution in [3.63, 3.8) is 0 Å². The third kappa shape index (κ3) is 6.79. The zero-order valence-electron chi connectivity index (χ0n) is 13.9. The van der Waals surface area contributed by atoms with Crippen molar-refractivity contribution in [2.75, 3.05) is 6.61 Å². The van der Waals surface area contributed by atoms with Crippen LogP contribution in [-0.2, 0) is 6.54 Å². The van der Waals surface area contributed by atoms with E-state index in [1.54, 1.807) is 6.21 Å². The minimum absolute atomic E-state index is 0.495. The molecule has 2 rings (SSSR count). The molecule has 2 N–H and O–H groups in total. The van der Waals surface area contributed by atoms with Crippen LogP contribution in [0.1, 0.15) is 30.9 Å². The topological polar surface area (TPSA) is 45.6 Å². The van der Waals surface area contributed by atoms with Crippen molar-refractivity contribution >= 4 is 23.5 Å². The molecule has 0 fully saturated rings. The molecular formula is C19H23N3OS. The Labute approximate surface area is 148 Å². The lowest BCUT2D eigenvalue weighted by molar-refractivity contribution is 0.309. The molecule has 0 radical (unpaired) electrons.